The van der Waals surface area contributed by atoms with Gasteiger partial charge >= 0.3 is 0 Å². The summed E-state index contributed by atoms with van der Waals surface area (Å²) >= 11 is 0. The fourth-order valence-corrected chi connectivity index (χ4v) is 9.95. The number of hydrogen-bond acceptors (Lipinski definition) is 2. The Morgan fingerprint density at radius 2 is 1.36 bits per heavy atom. The molecule has 0 amide bonds. The van der Waals surface area contributed by atoms with Crippen molar-refractivity contribution in [3.05, 3.63) is 12.2 Å². The second-order valence-electron chi connectivity index (χ2n) is 8.52. The van der Waals surface area contributed by atoms with E-state index in [1.165, 1.54) is 12.8 Å². The summed E-state index contributed by atoms with van der Waals surface area (Å²) in [6.07, 6.45) is 7.23. The van der Waals surface area contributed by atoms with Crippen molar-refractivity contribution in [1.29, 1.82) is 0 Å². The van der Waals surface area contributed by atoms with Crippen molar-refractivity contribution in [2.75, 3.05) is 13.2 Å². The van der Waals surface area contributed by atoms with Crippen LogP contribution in [0.25, 0.3) is 0 Å². The van der Waals surface area contributed by atoms with Crippen molar-refractivity contribution >= 4 is 8.32 Å². The molecule has 0 heterocycles. The lowest BCUT2D eigenvalue weighted by Crippen LogP contribution is -2.48. The van der Waals surface area contributed by atoms with Crippen LogP contribution in [-0.2, 0) is 4.43 Å². The van der Waals surface area contributed by atoms with Crippen LogP contribution in [0, 0.1) is 23.7 Å². The number of aliphatic hydroxyl groups is 1. The molecule has 22 heavy (non-hydrogen) atoms. The highest BCUT2D eigenvalue weighted by atomic mass is 28.4. The number of hydrogen-bond donors (Lipinski definition) is 1. The van der Waals surface area contributed by atoms with Crippen molar-refractivity contribution in [1.82, 2.24) is 0 Å². The van der Waals surface area contributed by atoms with Gasteiger partial charge in [-0.25, -0.2) is 0 Å². The van der Waals surface area contributed by atoms with Crippen LogP contribution in [0.15, 0.2) is 12.2 Å². The van der Waals surface area contributed by atoms with Crippen LogP contribution in [-0.4, -0.2) is 26.6 Å². The van der Waals surface area contributed by atoms with Crippen LogP contribution in [0.4, 0.5) is 0 Å². The Morgan fingerprint density at radius 1 is 0.909 bits per heavy atom. The third-order valence-electron chi connectivity index (χ3n) is 6.05. The molecule has 0 saturated heterocycles. The van der Waals surface area contributed by atoms with Crippen LogP contribution in [0.3, 0.4) is 0 Å². The first-order chi connectivity index (χ1) is 10.3. The molecule has 2 fully saturated rings. The summed E-state index contributed by atoms with van der Waals surface area (Å²) in [5.74, 6) is 2.68. The lowest BCUT2D eigenvalue weighted by atomic mass is 10.2. The highest BCUT2D eigenvalue weighted by Gasteiger charge is 2.47. The molecule has 128 valence electrons. The predicted octanol–water partition coefficient (Wildman–Crippen LogP) is 5.00. The molecule has 4 atom stereocenters. The van der Waals surface area contributed by atoms with Gasteiger partial charge in [0.15, 0.2) is 8.32 Å². The van der Waals surface area contributed by atoms with Gasteiger partial charge in [-0.3, -0.25) is 0 Å². The van der Waals surface area contributed by atoms with E-state index in [4.69, 9.17) is 9.53 Å². The zero-order valence-corrected chi connectivity index (χ0v) is 16.4. The lowest BCUT2D eigenvalue weighted by Gasteiger charge is -2.42. The molecule has 0 radical (unpaired) electrons. The van der Waals surface area contributed by atoms with E-state index in [9.17, 15) is 0 Å². The molecule has 0 aliphatic heterocycles. The van der Waals surface area contributed by atoms with Gasteiger partial charge in [-0.1, -0.05) is 53.7 Å². The van der Waals surface area contributed by atoms with Gasteiger partial charge in [0.1, 0.15) is 0 Å². The first-order valence-corrected chi connectivity index (χ1v) is 11.4. The van der Waals surface area contributed by atoms with E-state index in [1.807, 2.05) is 0 Å². The summed E-state index contributed by atoms with van der Waals surface area (Å²) in [4.78, 5) is 0. The molecule has 0 aromatic carbocycles. The van der Waals surface area contributed by atoms with E-state index < -0.39 is 8.32 Å². The van der Waals surface area contributed by atoms with Gasteiger partial charge in [-0.2, -0.15) is 0 Å². The molecule has 0 spiro atoms. The molecule has 2 saturated carbocycles. The summed E-state index contributed by atoms with van der Waals surface area (Å²) in [5, 5.41) is 9.09. The smallest absolute Gasteiger partial charge is 0.200 e. The van der Waals surface area contributed by atoms with E-state index in [0.29, 0.717) is 35.1 Å². The maximum absolute atomic E-state index is 9.09. The standard InChI is InChI=1S/C19H36O2Si/c1-13(2)22(14(3)4,15(5)6)21-12-19-10-17(19)8-7-16-9-18(16)11-20/h7-8,13-20H,9-12H2,1-6H3/b8-7+/t16-,17+,18-,19+/m1/s1. The van der Waals surface area contributed by atoms with Gasteiger partial charge in [0.25, 0.3) is 0 Å². The first kappa shape index (κ1) is 18.2. The zero-order chi connectivity index (χ0) is 16.5. The second kappa shape index (κ2) is 7.19. The van der Waals surface area contributed by atoms with Gasteiger partial charge in [-0.05, 0) is 53.1 Å². The average Bonchev–Trinajstić information content (AvgIpc) is 3.31. The largest absolute Gasteiger partial charge is 0.416 e. The topological polar surface area (TPSA) is 29.5 Å². The SMILES string of the molecule is CC(C)[Si](OC[C@@H]1C[C@@H]1/C=C/[C@@H]1C[C@@H]1CO)(C(C)C)C(C)C. The van der Waals surface area contributed by atoms with Crippen LogP contribution in [0.2, 0.25) is 16.6 Å². The molecule has 2 aliphatic rings. The Bertz CT molecular complexity index is 367. The summed E-state index contributed by atoms with van der Waals surface area (Å²) in [7, 11) is -1.69. The van der Waals surface area contributed by atoms with Gasteiger partial charge < -0.3 is 9.53 Å². The van der Waals surface area contributed by atoms with E-state index in [0.717, 1.165) is 18.4 Å². The Hall–Kier alpha value is -0.123. The molecule has 1 N–H and O–H groups in total. The van der Waals surface area contributed by atoms with E-state index in [1.54, 1.807) is 0 Å². The van der Waals surface area contributed by atoms with Crippen molar-refractivity contribution in [2.24, 2.45) is 23.7 Å². The van der Waals surface area contributed by atoms with E-state index in [2.05, 4.69) is 53.7 Å². The van der Waals surface area contributed by atoms with Crippen LogP contribution in [0.5, 0.6) is 0 Å². The van der Waals surface area contributed by atoms with Gasteiger partial charge in [0.05, 0.1) is 0 Å². The fraction of sp³-hybridized carbons (Fsp3) is 0.895. The third kappa shape index (κ3) is 3.85. The predicted molar refractivity (Wildman–Crippen MR) is 96.4 cm³/mol. The highest BCUT2D eigenvalue weighted by molar-refractivity contribution is 6.77. The van der Waals surface area contributed by atoms with Crippen molar-refractivity contribution in [3.63, 3.8) is 0 Å². The summed E-state index contributed by atoms with van der Waals surface area (Å²) in [5.41, 5.74) is 2.03. The van der Waals surface area contributed by atoms with Crippen LogP contribution < -0.4 is 0 Å². The quantitative estimate of drug-likeness (QED) is 0.478. The summed E-state index contributed by atoms with van der Waals surface area (Å²) < 4.78 is 6.70. The Balaban J connectivity index is 1.82. The minimum atomic E-state index is -1.69. The lowest BCUT2D eigenvalue weighted by molar-refractivity contribution is 0.259. The maximum atomic E-state index is 9.09. The summed E-state index contributed by atoms with van der Waals surface area (Å²) in [6, 6.07) is 0. The number of aliphatic hydroxyl groups excluding tert-OH is 1. The Kier molecular flexibility index (Phi) is 5.95. The van der Waals surface area contributed by atoms with Gasteiger partial charge in [0.2, 0.25) is 0 Å². The molecule has 3 heteroatoms. The highest BCUT2D eigenvalue weighted by Crippen LogP contribution is 2.47. The first-order valence-electron chi connectivity index (χ1n) is 9.26. The minimum absolute atomic E-state index is 0.359. The van der Waals surface area contributed by atoms with Crippen molar-refractivity contribution in [3.8, 4) is 0 Å². The second-order valence-corrected chi connectivity index (χ2v) is 14.0. The zero-order valence-electron chi connectivity index (χ0n) is 15.4. The van der Waals surface area contributed by atoms with Crippen molar-refractivity contribution < 1.29 is 9.53 Å². The molecular weight excluding hydrogens is 288 g/mol. The number of allylic oxidation sites excluding steroid dienone is 2. The molecule has 0 unspecified atom stereocenters. The molecule has 0 aromatic rings. The van der Waals surface area contributed by atoms with Crippen molar-refractivity contribution in [2.45, 2.75) is 71.0 Å². The van der Waals surface area contributed by atoms with E-state index in [-0.39, 0.29) is 0 Å². The molecule has 2 rings (SSSR count). The molecule has 2 aliphatic carbocycles. The summed E-state index contributed by atoms with van der Waals surface area (Å²) in [6.45, 7) is 15.5. The van der Waals surface area contributed by atoms with Gasteiger partial charge in [-0.15, -0.1) is 0 Å². The fourth-order valence-electron chi connectivity index (χ4n) is 4.45. The van der Waals surface area contributed by atoms with Gasteiger partial charge in [0, 0.05) is 13.2 Å². The average molecular weight is 325 g/mol. The van der Waals surface area contributed by atoms with Crippen LogP contribution in [0.1, 0.15) is 54.4 Å². The Morgan fingerprint density at radius 3 is 1.77 bits per heavy atom. The normalized spacial score (nSPS) is 31.7. The molecule has 0 aromatic heterocycles. The monoisotopic (exact) mass is 324 g/mol. The third-order valence-corrected chi connectivity index (χ3v) is 12.1. The molecule has 2 nitrogen and oxygen atoms in total. The Labute approximate surface area is 138 Å². The number of rotatable bonds is 9. The maximum Gasteiger partial charge on any atom is 0.200 e. The molecular formula is C19H36O2Si. The molecule has 0 bridgehead atoms. The van der Waals surface area contributed by atoms with E-state index >= 15 is 0 Å². The minimum Gasteiger partial charge on any atom is -0.416 e. The van der Waals surface area contributed by atoms with Crippen LogP contribution >= 0.6 is 0 Å².